The van der Waals surface area contributed by atoms with Gasteiger partial charge >= 0.3 is 11.5 Å². The summed E-state index contributed by atoms with van der Waals surface area (Å²) in [6, 6.07) is 9.06. The molecule has 0 unspecified atom stereocenters. The first-order valence-corrected chi connectivity index (χ1v) is 9.86. The fourth-order valence-corrected chi connectivity index (χ4v) is 2.93. The highest BCUT2D eigenvalue weighted by Crippen LogP contribution is 2.28. The Balaban J connectivity index is 2.07. The maximum absolute atomic E-state index is 13.7. The summed E-state index contributed by atoms with van der Waals surface area (Å²) in [6.07, 6.45) is 1.57. The van der Waals surface area contributed by atoms with Crippen LogP contribution in [0.3, 0.4) is 0 Å². The van der Waals surface area contributed by atoms with Crippen molar-refractivity contribution in [1.82, 2.24) is 9.78 Å². The lowest BCUT2D eigenvalue weighted by atomic mass is 10.0. The van der Waals surface area contributed by atoms with Crippen LogP contribution in [0.15, 0.2) is 53.5 Å². The molecule has 0 amide bonds. The van der Waals surface area contributed by atoms with E-state index in [4.69, 9.17) is 4.74 Å². The van der Waals surface area contributed by atoms with Gasteiger partial charge in [-0.05, 0) is 43.7 Å². The highest BCUT2D eigenvalue weighted by atomic mass is 32.1. The molecule has 0 saturated heterocycles. The largest absolute Gasteiger partial charge is 0.487 e. The van der Waals surface area contributed by atoms with Crippen LogP contribution in [-0.2, 0) is 4.18 Å². The number of rotatable bonds is 7. The topological polar surface area (TPSA) is 90.7 Å². The number of carbonyl (C=O) groups is 1. The number of benzene rings is 2. The van der Waals surface area contributed by atoms with Crippen molar-refractivity contribution < 1.29 is 27.6 Å². The van der Waals surface area contributed by atoms with E-state index in [0.29, 0.717) is 11.1 Å². The van der Waals surface area contributed by atoms with Crippen LogP contribution in [0.1, 0.15) is 30.6 Å². The Morgan fingerprint density at radius 1 is 1.16 bits per heavy atom. The van der Waals surface area contributed by atoms with Gasteiger partial charge in [-0.1, -0.05) is 12.1 Å². The molecule has 0 bridgehead atoms. The smallest absolute Gasteiger partial charge is 0.349 e. The third-order valence-corrected chi connectivity index (χ3v) is 4.72. The van der Waals surface area contributed by atoms with Gasteiger partial charge in [0.05, 0.1) is 29.7 Å². The maximum Gasteiger partial charge on any atom is 0.349 e. The van der Waals surface area contributed by atoms with Crippen LogP contribution >= 0.6 is 12.9 Å². The first-order chi connectivity index (χ1) is 15.1. The molecule has 0 radical (unpaired) electrons. The van der Waals surface area contributed by atoms with Gasteiger partial charge in [-0.25, -0.2) is 13.6 Å². The quantitative estimate of drug-likeness (QED) is 0.411. The van der Waals surface area contributed by atoms with Crippen molar-refractivity contribution in [3.05, 3.63) is 76.2 Å². The normalized spacial score (nSPS) is 11.3. The second kappa shape index (κ2) is 9.49. The summed E-state index contributed by atoms with van der Waals surface area (Å²) in [6.45, 7) is 3.21. The molecule has 0 aliphatic carbocycles. The van der Waals surface area contributed by atoms with Crippen molar-refractivity contribution in [1.29, 1.82) is 0 Å². The molecule has 1 aromatic heterocycles. The van der Waals surface area contributed by atoms with Crippen molar-refractivity contribution in [3.8, 4) is 22.6 Å². The van der Waals surface area contributed by atoms with E-state index in [-0.39, 0.29) is 30.0 Å². The van der Waals surface area contributed by atoms with Crippen LogP contribution in [0.25, 0.3) is 16.8 Å². The summed E-state index contributed by atoms with van der Waals surface area (Å²) in [5, 5.41) is 14.0. The Morgan fingerprint density at radius 3 is 2.44 bits per heavy atom. The van der Waals surface area contributed by atoms with Gasteiger partial charge in [-0.2, -0.15) is 9.78 Å². The minimum Gasteiger partial charge on any atom is -0.487 e. The van der Waals surface area contributed by atoms with Crippen molar-refractivity contribution in [2.75, 3.05) is 6.61 Å². The Kier molecular flexibility index (Phi) is 6.95. The number of halogens is 2. The van der Waals surface area contributed by atoms with E-state index >= 15 is 0 Å². The molecule has 2 aromatic carbocycles. The van der Waals surface area contributed by atoms with E-state index in [9.17, 15) is 23.5 Å². The SMILES string of the molecule is CC(C)(O)CCOc1c(-c2ccc(C(=O)OS)cc2)cnn(-c2ccc(F)c(F)c2)c1=O. The molecule has 1 heterocycles. The molecule has 3 rings (SSSR count). The molecular weight excluding hydrogens is 442 g/mol. The Morgan fingerprint density at radius 2 is 1.84 bits per heavy atom. The van der Waals surface area contributed by atoms with Crippen LogP contribution in [0.4, 0.5) is 8.78 Å². The molecule has 0 atom stereocenters. The first kappa shape index (κ1) is 23.4. The number of thiol groups is 1. The fourth-order valence-electron chi connectivity index (χ4n) is 2.83. The lowest BCUT2D eigenvalue weighted by Gasteiger charge is -2.18. The van der Waals surface area contributed by atoms with Crippen LogP contribution in [0, 0.1) is 11.6 Å². The van der Waals surface area contributed by atoms with Crippen LogP contribution in [0.5, 0.6) is 5.75 Å². The van der Waals surface area contributed by atoms with E-state index in [1.165, 1.54) is 24.4 Å². The van der Waals surface area contributed by atoms with Gasteiger partial charge in [0.2, 0.25) is 0 Å². The summed E-state index contributed by atoms with van der Waals surface area (Å²) in [4.78, 5) is 24.7. The number of aliphatic hydroxyl groups is 1. The zero-order valence-electron chi connectivity index (χ0n) is 17.2. The van der Waals surface area contributed by atoms with Crippen molar-refractivity contribution in [2.45, 2.75) is 25.9 Å². The summed E-state index contributed by atoms with van der Waals surface area (Å²) in [7, 11) is 0. The van der Waals surface area contributed by atoms with Crippen LogP contribution < -0.4 is 10.3 Å². The predicted octanol–water partition coefficient (Wildman–Crippen LogP) is 3.72. The van der Waals surface area contributed by atoms with E-state index in [1.54, 1.807) is 26.0 Å². The number of hydrogen-bond donors (Lipinski definition) is 2. The lowest BCUT2D eigenvalue weighted by molar-refractivity contribution is 0.0551. The van der Waals surface area contributed by atoms with Gasteiger partial charge in [0.15, 0.2) is 17.4 Å². The minimum atomic E-state index is -1.13. The molecule has 32 heavy (non-hydrogen) atoms. The van der Waals surface area contributed by atoms with Gasteiger partial charge in [0.1, 0.15) is 0 Å². The second-order valence-electron chi connectivity index (χ2n) is 7.57. The molecular formula is C22H20F2N2O5S. The summed E-state index contributed by atoms with van der Waals surface area (Å²) < 4.78 is 38.0. The molecule has 10 heteroatoms. The molecule has 0 aliphatic heterocycles. The maximum atomic E-state index is 13.7. The van der Waals surface area contributed by atoms with E-state index in [0.717, 1.165) is 16.8 Å². The average molecular weight is 462 g/mol. The Hall–Kier alpha value is -3.24. The average Bonchev–Trinajstić information content (AvgIpc) is 2.75. The minimum absolute atomic E-state index is 0.0115. The number of carbonyl (C=O) groups excluding carboxylic acids is 1. The van der Waals surface area contributed by atoms with E-state index in [1.807, 2.05) is 0 Å². The summed E-state index contributed by atoms with van der Waals surface area (Å²) in [5.74, 6) is -2.93. The molecule has 1 N–H and O–H groups in total. The number of hydrogen-bond acceptors (Lipinski definition) is 7. The molecule has 168 valence electrons. The zero-order chi connectivity index (χ0) is 23.5. The van der Waals surface area contributed by atoms with Gasteiger partial charge in [0, 0.05) is 31.0 Å². The van der Waals surface area contributed by atoms with Gasteiger partial charge < -0.3 is 14.0 Å². The number of nitrogens with zero attached hydrogens (tertiary/aromatic N) is 2. The summed E-state index contributed by atoms with van der Waals surface area (Å²) >= 11 is 3.48. The second-order valence-corrected chi connectivity index (χ2v) is 7.75. The third-order valence-electron chi connectivity index (χ3n) is 4.56. The molecule has 3 aromatic rings. The zero-order valence-corrected chi connectivity index (χ0v) is 18.1. The number of aromatic nitrogens is 2. The molecule has 0 aliphatic rings. The van der Waals surface area contributed by atoms with Crippen LogP contribution in [0.2, 0.25) is 0 Å². The highest BCUT2D eigenvalue weighted by molar-refractivity contribution is 7.75. The molecule has 0 spiro atoms. The summed E-state index contributed by atoms with van der Waals surface area (Å²) in [5.41, 5.74) is -0.642. The number of ether oxygens (including phenoxy) is 1. The van der Waals surface area contributed by atoms with E-state index in [2.05, 4.69) is 22.2 Å². The van der Waals surface area contributed by atoms with Gasteiger partial charge in [0.25, 0.3) is 0 Å². The standard InChI is InChI=1S/C22H20F2N2O5S/c1-22(2,29)9-10-30-19-16(13-3-5-14(6-4-13)21(28)31-32)12-25-26(20(19)27)15-7-8-17(23)18(24)11-15/h3-8,11-12,29,32H,9-10H2,1-2H3. The molecule has 7 nitrogen and oxygen atoms in total. The van der Waals surface area contributed by atoms with E-state index < -0.39 is 28.8 Å². The monoisotopic (exact) mass is 462 g/mol. The third kappa shape index (κ3) is 5.32. The first-order valence-electron chi connectivity index (χ1n) is 9.50. The highest BCUT2D eigenvalue weighted by Gasteiger charge is 2.19. The van der Waals surface area contributed by atoms with Gasteiger partial charge in [-0.3, -0.25) is 4.79 Å². The molecule has 0 fully saturated rings. The van der Waals surface area contributed by atoms with Gasteiger partial charge in [-0.15, -0.1) is 0 Å². The fraction of sp³-hybridized carbons (Fsp3) is 0.227. The Labute approximate surface area is 187 Å². The van der Waals surface area contributed by atoms with Crippen molar-refractivity contribution in [3.63, 3.8) is 0 Å². The van der Waals surface area contributed by atoms with Crippen molar-refractivity contribution >= 4 is 18.9 Å². The Bertz CT molecular complexity index is 1190. The van der Waals surface area contributed by atoms with Crippen LogP contribution in [-0.4, -0.2) is 33.1 Å². The van der Waals surface area contributed by atoms with Crippen molar-refractivity contribution in [2.24, 2.45) is 0 Å². The molecule has 0 saturated carbocycles. The predicted molar refractivity (Wildman–Crippen MR) is 116 cm³/mol. The lowest BCUT2D eigenvalue weighted by Crippen LogP contribution is -2.26.